The molecule has 0 spiro atoms. The number of hydrogen-bond acceptors (Lipinski definition) is 4. The number of anilines is 1. The molecular weight excluding hydrogens is 270 g/mol. The summed E-state index contributed by atoms with van der Waals surface area (Å²) in [5, 5.41) is 13.3. The van der Waals surface area contributed by atoms with Crippen LogP contribution in [0.1, 0.15) is 11.3 Å². The second kappa shape index (κ2) is 6.42. The number of amides is 1. The molecule has 0 saturated carbocycles. The van der Waals surface area contributed by atoms with Gasteiger partial charge in [-0.05, 0) is 30.7 Å². The van der Waals surface area contributed by atoms with E-state index in [4.69, 9.17) is 0 Å². The lowest BCUT2D eigenvalue weighted by molar-refractivity contribution is -0.384. The highest BCUT2D eigenvalue weighted by Gasteiger charge is 2.09. The van der Waals surface area contributed by atoms with Gasteiger partial charge in [0.25, 0.3) is 5.69 Å². The summed E-state index contributed by atoms with van der Waals surface area (Å²) in [4.78, 5) is 26.1. The molecule has 0 saturated heterocycles. The van der Waals surface area contributed by atoms with Crippen LogP contribution >= 0.6 is 0 Å². The number of aryl methyl sites for hydroxylation is 1. The van der Waals surface area contributed by atoms with Crippen LogP contribution in [0.5, 0.6) is 0 Å². The van der Waals surface area contributed by atoms with E-state index in [2.05, 4.69) is 10.3 Å². The molecular formula is C15H13N3O3. The smallest absolute Gasteiger partial charge is 0.271 e. The first-order valence-electron chi connectivity index (χ1n) is 6.21. The van der Waals surface area contributed by atoms with E-state index in [0.29, 0.717) is 11.4 Å². The van der Waals surface area contributed by atoms with Gasteiger partial charge in [-0.2, -0.15) is 0 Å². The Morgan fingerprint density at radius 3 is 2.81 bits per heavy atom. The number of nitrogens with one attached hydrogen (secondary N) is 1. The minimum absolute atomic E-state index is 0.0652. The van der Waals surface area contributed by atoms with Crippen molar-refractivity contribution in [2.45, 2.75) is 6.92 Å². The van der Waals surface area contributed by atoms with Crippen LogP contribution in [0, 0.1) is 17.0 Å². The number of carbonyl (C=O) groups excluding carboxylic acids is 1. The van der Waals surface area contributed by atoms with E-state index >= 15 is 0 Å². The average Bonchev–Trinajstić information content (AvgIpc) is 2.48. The molecule has 1 N–H and O–H groups in total. The number of hydrogen-bond donors (Lipinski definition) is 1. The molecule has 0 aliphatic carbocycles. The number of rotatable bonds is 4. The number of nitro benzene ring substituents is 1. The SMILES string of the molecule is Cc1ccc([N+](=O)[O-])cc1NC(=O)/C=C/c1ccccn1. The fourth-order valence-corrected chi connectivity index (χ4v) is 1.67. The zero-order valence-corrected chi connectivity index (χ0v) is 11.3. The molecule has 106 valence electrons. The van der Waals surface area contributed by atoms with E-state index in [9.17, 15) is 14.9 Å². The molecule has 1 heterocycles. The monoisotopic (exact) mass is 283 g/mol. The first kappa shape index (κ1) is 14.4. The topological polar surface area (TPSA) is 85.1 Å². The zero-order valence-electron chi connectivity index (χ0n) is 11.3. The largest absolute Gasteiger partial charge is 0.322 e. The summed E-state index contributed by atoms with van der Waals surface area (Å²) in [6.07, 6.45) is 4.53. The van der Waals surface area contributed by atoms with Crippen LogP contribution < -0.4 is 5.32 Å². The Bertz CT molecular complexity index is 697. The molecule has 2 rings (SSSR count). The van der Waals surface area contributed by atoms with Crippen LogP contribution in [0.3, 0.4) is 0 Å². The van der Waals surface area contributed by atoms with Crippen molar-refractivity contribution in [2.75, 3.05) is 5.32 Å². The van der Waals surface area contributed by atoms with Gasteiger partial charge in [-0.15, -0.1) is 0 Å². The lowest BCUT2D eigenvalue weighted by atomic mass is 10.2. The van der Waals surface area contributed by atoms with E-state index in [1.165, 1.54) is 18.2 Å². The molecule has 0 unspecified atom stereocenters. The molecule has 1 aromatic heterocycles. The summed E-state index contributed by atoms with van der Waals surface area (Å²) in [5.41, 5.74) is 1.76. The third-order valence-corrected chi connectivity index (χ3v) is 2.78. The minimum atomic E-state index is -0.501. The third-order valence-electron chi connectivity index (χ3n) is 2.78. The summed E-state index contributed by atoms with van der Waals surface area (Å²) in [7, 11) is 0. The molecule has 1 aromatic carbocycles. The van der Waals surface area contributed by atoms with Crippen molar-refractivity contribution in [3.63, 3.8) is 0 Å². The van der Waals surface area contributed by atoms with Crippen LogP contribution in [0.25, 0.3) is 6.08 Å². The molecule has 0 aliphatic heterocycles. The van der Waals surface area contributed by atoms with Gasteiger partial charge in [0.2, 0.25) is 5.91 Å². The van der Waals surface area contributed by atoms with Crippen LogP contribution in [0.15, 0.2) is 48.7 Å². The summed E-state index contributed by atoms with van der Waals surface area (Å²) in [6.45, 7) is 1.77. The number of benzene rings is 1. The molecule has 1 amide bonds. The quantitative estimate of drug-likeness (QED) is 0.531. The van der Waals surface area contributed by atoms with Gasteiger partial charge >= 0.3 is 0 Å². The van der Waals surface area contributed by atoms with Gasteiger partial charge in [0.1, 0.15) is 0 Å². The van der Waals surface area contributed by atoms with Crippen LogP contribution in [0.4, 0.5) is 11.4 Å². The standard InChI is InChI=1S/C15H13N3O3/c1-11-5-7-13(18(20)21)10-14(11)17-15(19)8-6-12-4-2-3-9-16-12/h2-10H,1H3,(H,17,19)/b8-6+. The Morgan fingerprint density at radius 1 is 1.33 bits per heavy atom. The Labute approximate surface area is 121 Å². The number of nitrogens with zero attached hydrogens (tertiary/aromatic N) is 2. The van der Waals surface area contributed by atoms with Gasteiger partial charge in [-0.3, -0.25) is 19.9 Å². The van der Waals surface area contributed by atoms with Gasteiger partial charge in [-0.1, -0.05) is 12.1 Å². The highest BCUT2D eigenvalue weighted by Crippen LogP contribution is 2.21. The van der Waals surface area contributed by atoms with Gasteiger partial charge in [0.15, 0.2) is 0 Å². The van der Waals surface area contributed by atoms with Crippen molar-refractivity contribution < 1.29 is 9.72 Å². The lowest BCUT2D eigenvalue weighted by Gasteiger charge is -2.05. The second-order valence-corrected chi connectivity index (χ2v) is 4.33. The van der Waals surface area contributed by atoms with E-state index in [0.717, 1.165) is 5.56 Å². The molecule has 6 heteroatoms. The first-order chi connectivity index (χ1) is 10.1. The predicted molar refractivity (Wildman–Crippen MR) is 79.7 cm³/mol. The zero-order chi connectivity index (χ0) is 15.2. The Balaban J connectivity index is 2.11. The fourth-order valence-electron chi connectivity index (χ4n) is 1.67. The van der Waals surface area contributed by atoms with Crippen molar-refractivity contribution in [1.82, 2.24) is 4.98 Å². The van der Waals surface area contributed by atoms with E-state index < -0.39 is 4.92 Å². The summed E-state index contributed by atoms with van der Waals surface area (Å²) >= 11 is 0. The number of nitro groups is 1. The summed E-state index contributed by atoms with van der Waals surface area (Å²) < 4.78 is 0. The Morgan fingerprint density at radius 2 is 2.14 bits per heavy atom. The van der Waals surface area contributed by atoms with Crippen molar-refractivity contribution in [3.8, 4) is 0 Å². The average molecular weight is 283 g/mol. The summed E-state index contributed by atoms with van der Waals surface area (Å²) in [5.74, 6) is -0.371. The maximum Gasteiger partial charge on any atom is 0.271 e. The van der Waals surface area contributed by atoms with Gasteiger partial charge < -0.3 is 5.32 Å². The Kier molecular flexibility index (Phi) is 4.40. The molecule has 6 nitrogen and oxygen atoms in total. The molecule has 0 radical (unpaired) electrons. The molecule has 0 aliphatic rings. The maximum atomic E-state index is 11.8. The lowest BCUT2D eigenvalue weighted by Crippen LogP contribution is -2.09. The Hall–Kier alpha value is -3.02. The first-order valence-corrected chi connectivity index (χ1v) is 6.21. The third kappa shape index (κ3) is 3.97. The molecule has 0 fully saturated rings. The van der Waals surface area contributed by atoms with E-state index in [-0.39, 0.29) is 11.6 Å². The van der Waals surface area contributed by atoms with E-state index in [1.807, 2.05) is 6.07 Å². The number of aromatic nitrogens is 1. The van der Waals surface area contributed by atoms with Gasteiger partial charge in [-0.25, -0.2) is 0 Å². The van der Waals surface area contributed by atoms with E-state index in [1.54, 1.807) is 37.4 Å². The second-order valence-electron chi connectivity index (χ2n) is 4.33. The highest BCUT2D eigenvalue weighted by molar-refractivity contribution is 6.02. The highest BCUT2D eigenvalue weighted by atomic mass is 16.6. The molecule has 21 heavy (non-hydrogen) atoms. The minimum Gasteiger partial charge on any atom is -0.322 e. The normalized spacial score (nSPS) is 10.5. The van der Waals surface area contributed by atoms with Crippen molar-refractivity contribution in [1.29, 1.82) is 0 Å². The fraction of sp³-hybridized carbons (Fsp3) is 0.0667. The van der Waals surface area contributed by atoms with Crippen LogP contribution in [0.2, 0.25) is 0 Å². The number of pyridine rings is 1. The molecule has 0 bridgehead atoms. The van der Waals surface area contributed by atoms with Crippen molar-refractivity contribution in [3.05, 3.63) is 70.0 Å². The van der Waals surface area contributed by atoms with Gasteiger partial charge in [0.05, 0.1) is 16.3 Å². The number of carbonyl (C=O) groups is 1. The van der Waals surface area contributed by atoms with Crippen molar-refractivity contribution in [2.24, 2.45) is 0 Å². The molecule has 2 aromatic rings. The summed E-state index contributed by atoms with van der Waals surface area (Å²) in [6, 6.07) is 9.69. The van der Waals surface area contributed by atoms with Crippen LogP contribution in [-0.2, 0) is 4.79 Å². The molecule has 0 atom stereocenters. The van der Waals surface area contributed by atoms with Gasteiger partial charge in [0, 0.05) is 24.4 Å². The number of non-ortho nitro benzene ring substituents is 1. The maximum absolute atomic E-state index is 11.8. The van der Waals surface area contributed by atoms with Crippen molar-refractivity contribution >= 4 is 23.4 Å². The predicted octanol–water partition coefficient (Wildman–Crippen LogP) is 2.95. The van der Waals surface area contributed by atoms with Crippen LogP contribution in [-0.4, -0.2) is 15.8 Å².